The van der Waals surface area contributed by atoms with Gasteiger partial charge in [-0.3, -0.25) is 0 Å². The Hall–Kier alpha value is -2.06. The zero-order chi connectivity index (χ0) is 18.4. The van der Waals surface area contributed by atoms with E-state index in [9.17, 15) is 21.6 Å². The number of sulfonamides is 1. The van der Waals surface area contributed by atoms with Crippen LogP contribution < -0.4 is 10.0 Å². The van der Waals surface area contributed by atoms with Crippen molar-refractivity contribution in [2.24, 2.45) is 5.14 Å². The van der Waals surface area contributed by atoms with Crippen molar-refractivity contribution in [2.45, 2.75) is 37.0 Å². The molecule has 25 heavy (non-hydrogen) atoms. The van der Waals surface area contributed by atoms with Crippen molar-refractivity contribution in [2.75, 3.05) is 4.90 Å². The zero-order valence-corrected chi connectivity index (χ0v) is 14.2. The molecule has 1 aliphatic heterocycles. The van der Waals surface area contributed by atoms with Gasteiger partial charge in [-0.05, 0) is 48.7 Å². The van der Waals surface area contributed by atoms with E-state index in [1.807, 2.05) is 11.8 Å². The summed E-state index contributed by atoms with van der Waals surface area (Å²) in [5.74, 6) is 0. The quantitative estimate of drug-likeness (QED) is 0.902. The van der Waals surface area contributed by atoms with E-state index in [0.717, 1.165) is 17.3 Å². The Balaban J connectivity index is 1.97. The van der Waals surface area contributed by atoms with Crippen LogP contribution >= 0.6 is 0 Å². The summed E-state index contributed by atoms with van der Waals surface area (Å²) in [5.41, 5.74) is 1.03. The van der Waals surface area contributed by atoms with Gasteiger partial charge in [-0.15, -0.1) is 0 Å². The molecule has 0 spiro atoms. The van der Waals surface area contributed by atoms with Crippen molar-refractivity contribution in [3.63, 3.8) is 0 Å². The maximum Gasteiger partial charge on any atom is 0.416 e. The summed E-state index contributed by atoms with van der Waals surface area (Å²) >= 11 is 0. The van der Waals surface area contributed by atoms with Crippen molar-refractivity contribution >= 4 is 15.7 Å². The fraction of sp³-hybridized carbons (Fsp3) is 0.294. The highest BCUT2D eigenvalue weighted by Gasteiger charge is 2.35. The number of nitrogens with zero attached hydrogens (tertiary/aromatic N) is 1. The molecular weight excluding hydrogens is 353 g/mol. The van der Waals surface area contributed by atoms with E-state index in [1.54, 1.807) is 12.1 Å². The van der Waals surface area contributed by atoms with Crippen molar-refractivity contribution in [1.29, 1.82) is 0 Å². The summed E-state index contributed by atoms with van der Waals surface area (Å²) in [4.78, 5) is 1.86. The van der Waals surface area contributed by atoms with E-state index in [0.29, 0.717) is 6.42 Å². The first-order valence-electron chi connectivity index (χ1n) is 7.65. The van der Waals surface area contributed by atoms with Gasteiger partial charge in [-0.2, -0.15) is 13.2 Å². The van der Waals surface area contributed by atoms with E-state index >= 15 is 0 Å². The van der Waals surface area contributed by atoms with Gasteiger partial charge in [-0.1, -0.05) is 18.2 Å². The summed E-state index contributed by atoms with van der Waals surface area (Å²) in [7, 11) is -3.81. The maximum atomic E-state index is 13.2. The van der Waals surface area contributed by atoms with Gasteiger partial charge < -0.3 is 4.90 Å². The van der Waals surface area contributed by atoms with Crippen LogP contribution in [0.1, 0.15) is 23.6 Å². The van der Waals surface area contributed by atoms with Gasteiger partial charge in [0.25, 0.3) is 0 Å². The zero-order valence-electron chi connectivity index (χ0n) is 13.4. The van der Waals surface area contributed by atoms with Crippen LogP contribution in [0.4, 0.5) is 18.9 Å². The van der Waals surface area contributed by atoms with Gasteiger partial charge in [0.15, 0.2) is 0 Å². The van der Waals surface area contributed by atoms with Crippen LogP contribution in [0.5, 0.6) is 0 Å². The van der Waals surface area contributed by atoms with Gasteiger partial charge in [0.1, 0.15) is 0 Å². The molecule has 0 unspecified atom stereocenters. The number of primary sulfonamides is 1. The van der Waals surface area contributed by atoms with Gasteiger partial charge in [0.05, 0.1) is 10.5 Å². The Morgan fingerprint density at radius 1 is 1.20 bits per heavy atom. The van der Waals surface area contributed by atoms with Gasteiger partial charge in [0, 0.05) is 18.3 Å². The number of anilines is 1. The second kappa shape index (κ2) is 6.03. The smallest absolute Gasteiger partial charge is 0.364 e. The van der Waals surface area contributed by atoms with Crippen LogP contribution in [-0.2, 0) is 29.2 Å². The normalized spacial score (nSPS) is 17.6. The van der Waals surface area contributed by atoms with Crippen LogP contribution in [0.2, 0.25) is 0 Å². The monoisotopic (exact) mass is 370 g/mol. The molecule has 1 atom stereocenters. The van der Waals surface area contributed by atoms with Crippen LogP contribution in [0.25, 0.3) is 0 Å². The number of halogens is 3. The lowest BCUT2D eigenvalue weighted by molar-refractivity contribution is -0.138. The molecule has 1 heterocycles. The summed E-state index contributed by atoms with van der Waals surface area (Å²) in [5, 5.41) is 5.15. The van der Waals surface area contributed by atoms with Crippen LogP contribution in [-0.4, -0.2) is 14.5 Å². The maximum absolute atomic E-state index is 13.2. The minimum Gasteiger partial charge on any atom is -0.364 e. The van der Waals surface area contributed by atoms with E-state index in [2.05, 4.69) is 0 Å². The lowest BCUT2D eigenvalue weighted by Crippen LogP contribution is -2.29. The Kier molecular flexibility index (Phi) is 4.28. The number of rotatable bonds is 3. The van der Waals surface area contributed by atoms with E-state index in [1.165, 1.54) is 24.3 Å². The molecule has 0 aliphatic carbocycles. The molecule has 2 N–H and O–H groups in total. The van der Waals surface area contributed by atoms with Crippen LogP contribution in [0.3, 0.4) is 0 Å². The number of benzene rings is 2. The molecular formula is C17H17F3N2O2S. The fourth-order valence-electron chi connectivity index (χ4n) is 3.21. The van der Waals surface area contributed by atoms with Gasteiger partial charge in [-0.25, -0.2) is 13.6 Å². The van der Waals surface area contributed by atoms with Gasteiger partial charge >= 0.3 is 6.18 Å². The molecule has 8 heteroatoms. The molecule has 0 radical (unpaired) electrons. The lowest BCUT2D eigenvalue weighted by Gasteiger charge is -2.26. The van der Waals surface area contributed by atoms with Crippen molar-refractivity contribution in [1.82, 2.24) is 0 Å². The minimum atomic E-state index is -4.42. The second-order valence-electron chi connectivity index (χ2n) is 6.17. The van der Waals surface area contributed by atoms with E-state index in [4.69, 9.17) is 5.14 Å². The third-order valence-electron chi connectivity index (χ3n) is 4.40. The molecule has 2 aromatic rings. The summed E-state index contributed by atoms with van der Waals surface area (Å²) < 4.78 is 62.6. The Morgan fingerprint density at radius 3 is 2.52 bits per heavy atom. The van der Waals surface area contributed by atoms with Crippen molar-refractivity contribution in [3.8, 4) is 0 Å². The molecule has 3 rings (SSSR count). The Bertz CT molecular complexity index is 910. The molecule has 2 aromatic carbocycles. The molecule has 0 saturated carbocycles. The molecule has 0 aromatic heterocycles. The van der Waals surface area contributed by atoms with E-state index in [-0.39, 0.29) is 23.0 Å². The van der Waals surface area contributed by atoms with E-state index < -0.39 is 21.8 Å². The average molecular weight is 370 g/mol. The molecule has 4 nitrogen and oxygen atoms in total. The Labute approximate surface area is 144 Å². The predicted octanol–water partition coefficient (Wildman–Crippen LogP) is 3.30. The lowest BCUT2D eigenvalue weighted by atomic mass is 10.1. The number of alkyl halides is 3. The topological polar surface area (TPSA) is 63.4 Å². The molecule has 0 amide bonds. The highest BCUT2D eigenvalue weighted by Crippen LogP contribution is 2.37. The standard InChI is InChI=1S/C17H17F3N2O2S/c1-11-8-13-9-14(25(21,23)24)6-7-16(13)22(11)10-12-4-2-3-5-15(12)17(18,19)20/h2-7,9,11H,8,10H2,1H3,(H2,21,23,24)/t11-/m0/s1. The second-order valence-corrected chi connectivity index (χ2v) is 7.73. The highest BCUT2D eigenvalue weighted by molar-refractivity contribution is 7.89. The fourth-order valence-corrected chi connectivity index (χ4v) is 3.77. The first kappa shape index (κ1) is 17.8. The first-order valence-corrected chi connectivity index (χ1v) is 9.19. The van der Waals surface area contributed by atoms with Crippen LogP contribution in [0.15, 0.2) is 47.4 Å². The number of nitrogens with two attached hydrogens (primary N) is 1. The Morgan fingerprint density at radius 2 is 1.88 bits per heavy atom. The molecule has 0 saturated heterocycles. The first-order chi connectivity index (χ1) is 11.6. The molecule has 0 bridgehead atoms. The molecule has 134 valence electrons. The third kappa shape index (κ3) is 3.50. The van der Waals surface area contributed by atoms with Gasteiger partial charge in [0.2, 0.25) is 10.0 Å². The van der Waals surface area contributed by atoms with Crippen molar-refractivity contribution in [3.05, 3.63) is 59.2 Å². The number of hydrogen-bond donors (Lipinski definition) is 1. The highest BCUT2D eigenvalue weighted by atomic mass is 32.2. The molecule has 1 aliphatic rings. The largest absolute Gasteiger partial charge is 0.416 e. The summed E-state index contributed by atoms with van der Waals surface area (Å²) in [6, 6.07) is 9.92. The predicted molar refractivity (Wildman–Crippen MR) is 88.6 cm³/mol. The number of fused-ring (bicyclic) bond motifs is 1. The van der Waals surface area contributed by atoms with Crippen molar-refractivity contribution < 1.29 is 21.6 Å². The van der Waals surface area contributed by atoms with Crippen LogP contribution in [0, 0.1) is 0 Å². The third-order valence-corrected chi connectivity index (χ3v) is 5.31. The minimum absolute atomic E-state index is 0.0102. The summed E-state index contributed by atoms with van der Waals surface area (Å²) in [6.07, 6.45) is -3.87. The SMILES string of the molecule is C[C@H]1Cc2cc(S(N)(=O)=O)ccc2N1Cc1ccccc1C(F)(F)F. The molecule has 0 fully saturated rings. The average Bonchev–Trinajstić information content (AvgIpc) is 2.81. The number of hydrogen-bond acceptors (Lipinski definition) is 3. The summed E-state index contributed by atoms with van der Waals surface area (Å²) in [6.45, 7) is 1.99.